The fourth-order valence-corrected chi connectivity index (χ4v) is 2.62. The highest BCUT2D eigenvalue weighted by Crippen LogP contribution is 2.27. The van der Waals surface area contributed by atoms with Crippen LogP contribution in [-0.4, -0.2) is 6.54 Å². The Morgan fingerprint density at radius 2 is 2.06 bits per heavy atom. The number of thiophene rings is 1. The number of benzene rings is 1. The molecule has 0 radical (unpaired) electrons. The molecule has 90 valence electrons. The largest absolute Gasteiger partial charge is 0.397 e. The van der Waals surface area contributed by atoms with E-state index in [1.165, 1.54) is 4.88 Å². The summed E-state index contributed by atoms with van der Waals surface area (Å²) in [5.41, 5.74) is 9.33. The molecule has 0 aliphatic rings. The van der Waals surface area contributed by atoms with E-state index in [0.717, 1.165) is 30.0 Å². The zero-order valence-electron chi connectivity index (χ0n) is 10.3. The van der Waals surface area contributed by atoms with Gasteiger partial charge in [-0.1, -0.05) is 18.2 Å². The van der Waals surface area contributed by atoms with Gasteiger partial charge in [-0.15, -0.1) is 11.3 Å². The van der Waals surface area contributed by atoms with Crippen LogP contribution in [0.5, 0.6) is 0 Å². The Balaban J connectivity index is 2.26. The summed E-state index contributed by atoms with van der Waals surface area (Å²) in [4.78, 5) is 3.68. The van der Waals surface area contributed by atoms with Crippen LogP contribution < -0.4 is 10.6 Å². The minimum atomic E-state index is 0.894. The molecule has 0 fully saturated rings. The predicted molar refractivity (Wildman–Crippen MR) is 76.6 cm³/mol. The molecule has 0 atom stereocenters. The van der Waals surface area contributed by atoms with Crippen LogP contribution in [0.25, 0.3) is 0 Å². The van der Waals surface area contributed by atoms with Gasteiger partial charge in [-0.3, -0.25) is 0 Å². The molecule has 1 aromatic heterocycles. The maximum Gasteiger partial charge on any atom is 0.0605 e. The maximum atomic E-state index is 6.15. The molecule has 0 bridgehead atoms. The first-order valence-electron chi connectivity index (χ1n) is 5.84. The summed E-state index contributed by atoms with van der Waals surface area (Å²) in [7, 11) is 0. The second-order valence-corrected chi connectivity index (χ2v) is 5.13. The van der Waals surface area contributed by atoms with Crippen molar-refractivity contribution in [3.8, 4) is 0 Å². The lowest BCUT2D eigenvalue weighted by Gasteiger charge is -2.24. The predicted octanol–water partition coefficient (Wildman–Crippen LogP) is 3.67. The summed E-state index contributed by atoms with van der Waals surface area (Å²) in [6.07, 6.45) is 0. The highest BCUT2D eigenvalue weighted by Gasteiger charge is 2.10. The Bertz CT molecular complexity index is 477. The molecule has 1 heterocycles. The number of aryl methyl sites for hydroxylation is 1. The van der Waals surface area contributed by atoms with Gasteiger partial charge >= 0.3 is 0 Å². The molecule has 0 unspecified atom stereocenters. The van der Waals surface area contributed by atoms with Crippen molar-refractivity contribution in [2.45, 2.75) is 20.4 Å². The van der Waals surface area contributed by atoms with Crippen LogP contribution in [0.2, 0.25) is 0 Å². The van der Waals surface area contributed by atoms with Crippen LogP contribution in [-0.2, 0) is 6.54 Å². The molecule has 2 rings (SSSR count). The first kappa shape index (κ1) is 12.0. The Kier molecular flexibility index (Phi) is 3.69. The zero-order valence-corrected chi connectivity index (χ0v) is 11.1. The number of anilines is 2. The van der Waals surface area contributed by atoms with Crippen LogP contribution in [0.15, 0.2) is 35.7 Å². The van der Waals surface area contributed by atoms with E-state index in [0.29, 0.717) is 0 Å². The van der Waals surface area contributed by atoms with Crippen molar-refractivity contribution in [1.29, 1.82) is 0 Å². The van der Waals surface area contributed by atoms with E-state index >= 15 is 0 Å². The molecule has 2 aromatic rings. The van der Waals surface area contributed by atoms with Crippen molar-refractivity contribution in [3.05, 3.63) is 46.2 Å². The first-order chi connectivity index (χ1) is 8.22. The number of hydrogen-bond donors (Lipinski definition) is 1. The third kappa shape index (κ3) is 2.61. The second kappa shape index (κ2) is 5.23. The van der Waals surface area contributed by atoms with E-state index in [2.05, 4.69) is 54.5 Å². The van der Waals surface area contributed by atoms with Gasteiger partial charge in [0.1, 0.15) is 0 Å². The molecular formula is C14H18N2S. The lowest BCUT2D eigenvalue weighted by atomic mass is 10.1. The Morgan fingerprint density at radius 3 is 2.71 bits per heavy atom. The van der Waals surface area contributed by atoms with E-state index < -0.39 is 0 Å². The van der Waals surface area contributed by atoms with Crippen molar-refractivity contribution in [1.82, 2.24) is 0 Å². The Hall–Kier alpha value is -1.48. The molecule has 1 aromatic carbocycles. The zero-order chi connectivity index (χ0) is 12.3. The SMILES string of the molecule is CCN(Cc1cccs1)c1cccc(C)c1N. The minimum absolute atomic E-state index is 0.894. The molecule has 0 amide bonds. The average Bonchev–Trinajstić information content (AvgIpc) is 2.83. The van der Waals surface area contributed by atoms with Gasteiger partial charge in [-0.2, -0.15) is 0 Å². The monoisotopic (exact) mass is 246 g/mol. The molecule has 3 heteroatoms. The Morgan fingerprint density at radius 1 is 1.24 bits per heavy atom. The normalized spacial score (nSPS) is 10.5. The van der Waals surface area contributed by atoms with E-state index in [-0.39, 0.29) is 0 Å². The average molecular weight is 246 g/mol. The number of rotatable bonds is 4. The minimum Gasteiger partial charge on any atom is -0.397 e. The lowest BCUT2D eigenvalue weighted by Crippen LogP contribution is -2.22. The van der Waals surface area contributed by atoms with Crippen LogP contribution in [0.1, 0.15) is 17.4 Å². The quantitative estimate of drug-likeness (QED) is 0.834. The van der Waals surface area contributed by atoms with E-state index in [9.17, 15) is 0 Å². The summed E-state index contributed by atoms with van der Waals surface area (Å²) in [5.74, 6) is 0. The molecule has 0 saturated carbocycles. The second-order valence-electron chi connectivity index (χ2n) is 4.10. The van der Waals surface area contributed by atoms with Crippen LogP contribution in [0, 0.1) is 6.92 Å². The highest BCUT2D eigenvalue weighted by atomic mass is 32.1. The van der Waals surface area contributed by atoms with Crippen molar-refractivity contribution >= 4 is 22.7 Å². The molecule has 17 heavy (non-hydrogen) atoms. The maximum absolute atomic E-state index is 6.15. The van der Waals surface area contributed by atoms with Gasteiger partial charge in [0, 0.05) is 11.4 Å². The summed E-state index contributed by atoms with van der Waals surface area (Å²) < 4.78 is 0. The molecule has 0 aliphatic heterocycles. The van der Waals surface area contributed by atoms with Gasteiger partial charge in [0.2, 0.25) is 0 Å². The first-order valence-corrected chi connectivity index (χ1v) is 6.72. The third-order valence-corrected chi connectivity index (χ3v) is 3.81. The molecule has 0 aliphatic carbocycles. The van der Waals surface area contributed by atoms with Gasteiger partial charge in [0.25, 0.3) is 0 Å². The van der Waals surface area contributed by atoms with Crippen LogP contribution in [0.3, 0.4) is 0 Å². The molecule has 2 N–H and O–H groups in total. The summed E-state index contributed by atoms with van der Waals surface area (Å²) in [6.45, 7) is 6.11. The van der Waals surface area contributed by atoms with Gasteiger partial charge in [0.15, 0.2) is 0 Å². The van der Waals surface area contributed by atoms with E-state index in [1.54, 1.807) is 11.3 Å². The van der Waals surface area contributed by atoms with Crippen molar-refractivity contribution in [3.63, 3.8) is 0 Å². The smallest absolute Gasteiger partial charge is 0.0605 e. The number of nitrogens with zero attached hydrogens (tertiary/aromatic N) is 1. The molecule has 2 nitrogen and oxygen atoms in total. The molecule has 0 spiro atoms. The van der Waals surface area contributed by atoms with Crippen molar-refractivity contribution in [2.24, 2.45) is 0 Å². The van der Waals surface area contributed by atoms with E-state index in [4.69, 9.17) is 5.73 Å². The number of hydrogen-bond acceptors (Lipinski definition) is 3. The van der Waals surface area contributed by atoms with Gasteiger partial charge < -0.3 is 10.6 Å². The topological polar surface area (TPSA) is 29.3 Å². The van der Waals surface area contributed by atoms with Crippen molar-refractivity contribution in [2.75, 3.05) is 17.2 Å². The fourth-order valence-electron chi connectivity index (χ4n) is 1.90. The Labute approximate surface area is 107 Å². The van der Waals surface area contributed by atoms with E-state index in [1.807, 2.05) is 0 Å². The van der Waals surface area contributed by atoms with Crippen LogP contribution in [0.4, 0.5) is 11.4 Å². The fraction of sp³-hybridized carbons (Fsp3) is 0.286. The highest BCUT2D eigenvalue weighted by molar-refractivity contribution is 7.09. The van der Waals surface area contributed by atoms with Crippen molar-refractivity contribution < 1.29 is 0 Å². The number of para-hydroxylation sites is 1. The summed E-state index contributed by atoms with van der Waals surface area (Å²) in [6, 6.07) is 10.5. The number of nitrogen functional groups attached to an aromatic ring is 1. The van der Waals surface area contributed by atoms with Gasteiger partial charge in [0.05, 0.1) is 17.9 Å². The lowest BCUT2D eigenvalue weighted by molar-refractivity contribution is 0.843. The van der Waals surface area contributed by atoms with Gasteiger partial charge in [-0.05, 0) is 36.9 Å². The molecular weight excluding hydrogens is 228 g/mol. The molecule has 0 saturated heterocycles. The summed E-state index contributed by atoms with van der Waals surface area (Å²) in [5, 5.41) is 2.11. The standard InChI is InChI=1S/C14H18N2S/c1-3-16(10-12-7-5-9-17-12)13-8-4-6-11(2)14(13)15/h4-9H,3,10,15H2,1-2H3. The van der Waals surface area contributed by atoms with Gasteiger partial charge in [-0.25, -0.2) is 0 Å². The number of nitrogens with two attached hydrogens (primary N) is 1. The third-order valence-electron chi connectivity index (χ3n) is 2.95. The van der Waals surface area contributed by atoms with Crippen LogP contribution >= 0.6 is 11.3 Å². The summed E-state index contributed by atoms with van der Waals surface area (Å²) >= 11 is 1.79.